The van der Waals surface area contributed by atoms with E-state index in [9.17, 15) is 0 Å². The molecule has 0 fully saturated rings. The lowest BCUT2D eigenvalue weighted by molar-refractivity contribution is 0.307. The highest BCUT2D eigenvalue weighted by molar-refractivity contribution is 9.10. The lowest BCUT2D eigenvalue weighted by Gasteiger charge is -2.12. The molecule has 3 nitrogen and oxygen atoms in total. The molecule has 0 saturated heterocycles. The van der Waals surface area contributed by atoms with Crippen molar-refractivity contribution in [3.05, 3.63) is 28.2 Å². The fourth-order valence-electron chi connectivity index (χ4n) is 1.59. The molecule has 0 spiro atoms. The van der Waals surface area contributed by atoms with Crippen molar-refractivity contribution in [1.29, 1.82) is 5.26 Å². The summed E-state index contributed by atoms with van der Waals surface area (Å²) in [5.74, 6) is 0.890. The summed E-state index contributed by atoms with van der Waals surface area (Å²) in [6, 6.07) is 8.64. The van der Waals surface area contributed by atoms with Gasteiger partial charge < -0.3 is 10.1 Å². The number of nitrogens with zero attached hydrogens (tertiary/aromatic N) is 1. The van der Waals surface area contributed by atoms with Gasteiger partial charge in [-0.25, -0.2) is 0 Å². The maximum atomic E-state index is 8.45. The lowest BCUT2D eigenvalue weighted by atomic mass is 10.2. The number of nitrogens with one attached hydrogen (secondary N) is 1. The average molecular weight is 325 g/mol. The molecule has 104 valence electrons. The van der Waals surface area contributed by atoms with E-state index >= 15 is 0 Å². The Labute approximate surface area is 124 Å². The van der Waals surface area contributed by atoms with E-state index in [4.69, 9.17) is 10.00 Å². The molecule has 19 heavy (non-hydrogen) atoms. The monoisotopic (exact) mass is 324 g/mol. The van der Waals surface area contributed by atoms with Gasteiger partial charge in [0, 0.05) is 23.5 Å². The summed E-state index contributed by atoms with van der Waals surface area (Å²) in [5, 5.41) is 11.8. The molecular weight excluding hydrogens is 304 g/mol. The van der Waals surface area contributed by atoms with Crippen molar-refractivity contribution in [3.8, 4) is 11.8 Å². The minimum absolute atomic E-state index is 0.461. The Kier molecular flexibility index (Phi) is 7.54. The molecular formula is C15H21BrN2O. The van der Waals surface area contributed by atoms with Gasteiger partial charge >= 0.3 is 0 Å². The van der Waals surface area contributed by atoms with Gasteiger partial charge in [0.15, 0.2) is 0 Å². The number of benzene rings is 1. The van der Waals surface area contributed by atoms with Crippen LogP contribution < -0.4 is 10.1 Å². The quantitative estimate of drug-likeness (QED) is 0.734. The van der Waals surface area contributed by atoms with Crippen molar-refractivity contribution in [2.24, 2.45) is 0 Å². The summed E-state index contributed by atoms with van der Waals surface area (Å²) in [5.41, 5.74) is 1.20. The second-order valence-electron chi connectivity index (χ2n) is 4.75. The summed E-state index contributed by atoms with van der Waals surface area (Å²) >= 11 is 3.55. The van der Waals surface area contributed by atoms with Crippen LogP contribution >= 0.6 is 15.9 Å². The van der Waals surface area contributed by atoms with Crippen LogP contribution in [0.25, 0.3) is 0 Å². The van der Waals surface area contributed by atoms with E-state index in [-0.39, 0.29) is 0 Å². The summed E-state index contributed by atoms with van der Waals surface area (Å²) < 4.78 is 6.79. The Hall–Kier alpha value is -1.05. The van der Waals surface area contributed by atoms with E-state index in [1.54, 1.807) is 0 Å². The van der Waals surface area contributed by atoms with Crippen molar-refractivity contribution in [2.75, 3.05) is 6.61 Å². The zero-order valence-corrected chi connectivity index (χ0v) is 13.2. The zero-order valence-electron chi connectivity index (χ0n) is 11.6. The van der Waals surface area contributed by atoms with Gasteiger partial charge in [0.1, 0.15) is 5.75 Å². The largest absolute Gasteiger partial charge is 0.494 e. The van der Waals surface area contributed by atoms with Crippen molar-refractivity contribution >= 4 is 15.9 Å². The topological polar surface area (TPSA) is 45.0 Å². The minimum atomic E-state index is 0.461. The molecule has 0 aliphatic rings. The van der Waals surface area contributed by atoms with Crippen LogP contribution in [-0.4, -0.2) is 12.6 Å². The second kappa shape index (κ2) is 8.95. The molecule has 1 N–H and O–H groups in total. The predicted octanol–water partition coefficient (Wildman–Crippen LogP) is 4.02. The molecule has 1 aromatic rings. The Morgan fingerprint density at radius 1 is 1.37 bits per heavy atom. The number of rotatable bonds is 8. The van der Waals surface area contributed by atoms with Gasteiger partial charge in [0.25, 0.3) is 0 Å². The summed E-state index contributed by atoms with van der Waals surface area (Å²) in [6.45, 7) is 5.75. The third-order valence-corrected chi connectivity index (χ3v) is 3.44. The molecule has 0 aliphatic carbocycles. The molecule has 0 saturated carbocycles. The van der Waals surface area contributed by atoms with Crippen LogP contribution in [0.15, 0.2) is 22.7 Å². The Morgan fingerprint density at radius 3 is 2.84 bits per heavy atom. The van der Waals surface area contributed by atoms with E-state index in [1.807, 2.05) is 12.1 Å². The number of nitriles is 1. The van der Waals surface area contributed by atoms with Crippen LogP contribution in [0.5, 0.6) is 5.75 Å². The summed E-state index contributed by atoms with van der Waals surface area (Å²) in [7, 11) is 0. The van der Waals surface area contributed by atoms with Crippen molar-refractivity contribution in [2.45, 2.75) is 45.7 Å². The first-order valence-electron chi connectivity index (χ1n) is 6.65. The second-order valence-corrected chi connectivity index (χ2v) is 5.61. The van der Waals surface area contributed by atoms with Crippen LogP contribution in [0.4, 0.5) is 0 Å². The first kappa shape index (κ1) is 16.0. The fourth-order valence-corrected chi connectivity index (χ4v) is 1.97. The highest BCUT2D eigenvalue weighted by atomic mass is 79.9. The van der Waals surface area contributed by atoms with Gasteiger partial charge in [-0.05, 0) is 36.6 Å². The summed E-state index contributed by atoms with van der Waals surface area (Å²) in [4.78, 5) is 0. The molecule has 1 aromatic carbocycles. The smallest absolute Gasteiger partial charge is 0.119 e. The maximum absolute atomic E-state index is 8.45. The van der Waals surface area contributed by atoms with Gasteiger partial charge in [-0.3, -0.25) is 0 Å². The van der Waals surface area contributed by atoms with E-state index in [0.29, 0.717) is 19.1 Å². The Balaban J connectivity index is 2.46. The SMILES string of the molecule is CC(C)NCc1cc(OCCCCC#N)ccc1Br. The third kappa shape index (κ3) is 6.60. The molecule has 0 bridgehead atoms. The predicted molar refractivity (Wildman–Crippen MR) is 81.1 cm³/mol. The summed E-state index contributed by atoms with van der Waals surface area (Å²) in [6.07, 6.45) is 2.42. The highest BCUT2D eigenvalue weighted by Gasteiger charge is 2.03. The molecule has 4 heteroatoms. The first-order valence-corrected chi connectivity index (χ1v) is 7.44. The first-order chi connectivity index (χ1) is 9.13. The Morgan fingerprint density at radius 2 is 2.16 bits per heavy atom. The number of unbranched alkanes of at least 4 members (excludes halogenated alkanes) is 2. The van der Waals surface area contributed by atoms with Gasteiger partial charge in [-0.15, -0.1) is 0 Å². The molecule has 0 radical (unpaired) electrons. The van der Waals surface area contributed by atoms with Gasteiger partial charge in [-0.1, -0.05) is 29.8 Å². The van der Waals surface area contributed by atoms with Crippen LogP contribution in [0.3, 0.4) is 0 Å². The van der Waals surface area contributed by atoms with Crippen molar-refractivity contribution in [3.63, 3.8) is 0 Å². The van der Waals surface area contributed by atoms with Gasteiger partial charge in [0.2, 0.25) is 0 Å². The molecule has 0 amide bonds. The molecule has 0 unspecified atom stereocenters. The third-order valence-electron chi connectivity index (χ3n) is 2.67. The highest BCUT2D eigenvalue weighted by Crippen LogP contribution is 2.23. The fraction of sp³-hybridized carbons (Fsp3) is 0.533. The van der Waals surface area contributed by atoms with E-state index < -0.39 is 0 Å². The lowest BCUT2D eigenvalue weighted by Crippen LogP contribution is -2.22. The minimum Gasteiger partial charge on any atom is -0.494 e. The molecule has 0 heterocycles. The van der Waals surface area contributed by atoms with Gasteiger partial charge in [0.05, 0.1) is 12.7 Å². The number of hydrogen-bond acceptors (Lipinski definition) is 3. The van der Waals surface area contributed by atoms with Crippen LogP contribution in [0.2, 0.25) is 0 Å². The maximum Gasteiger partial charge on any atom is 0.119 e. The average Bonchev–Trinajstić information content (AvgIpc) is 2.38. The Bertz CT molecular complexity index is 427. The van der Waals surface area contributed by atoms with Gasteiger partial charge in [-0.2, -0.15) is 5.26 Å². The van der Waals surface area contributed by atoms with E-state index in [2.05, 4.69) is 47.2 Å². The molecule has 0 atom stereocenters. The normalized spacial score (nSPS) is 10.5. The number of hydrogen-bond donors (Lipinski definition) is 1. The standard InChI is InChI=1S/C15H21BrN2O/c1-12(2)18-11-13-10-14(6-7-15(13)16)19-9-5-3-4-8-17/h6-7,10,12,18H,3-5,9,11H2,1-2H3. The van der Waals surface area contributed by atoms with Crippen LogP contribution in [0, 0.1) is 11.3 Å². The van der Waals surface area contributed by atoms with Crippen LogP contribution in [0.1, 0.15) is 38.7 Å². The molecule has 0 aliphatic heterocycles. The van der Waals surface area contributed by atoms with Crippen molar-refractivity contribution < 1.29 is 4.74 Å². The number of ether oxygens (including phenoxy) is 1. The van der Waals surface area contributed by atoms with Crippen LogP contribution in [-0.2, 0) is 6.54 Å². The number of halogens is 1. The van der Waals surface area contributed by atoms with E-state index in [0.717, 1.165) is 29.6 Å². The molecule has 1 rings (SSSR count). The van der Waals surface area contributed by atoms with E-state index in [1.165, 1.54) is 5.56 Å². The zero-order chi connectivity index (χ0) is 14.1. The van der Waals surface area contributed by atoms with Crippen molar-refractivity contribution in [1.82, 2.24) is 5.32 Å². The molecule has 0 aromatic heterocycles.